The molecule has 3 rings (SSSR count). The molecule has 1 aromatic carbocycles. The number of nitrogens with zero attached hydrogens (tertiary/aromatic N) is 2. The number of morpholine rings is 1. The van der Waals surface area contributed by atoms with Crippen molar-refractivity contribution in [1.82, 2.24) is 15.1 Å². The summed E-state index contributed by atoms with van der Waals surface area (Å²) in [6, 6.07) is 7.32. The minimum Gasteiger partial charge on any atom is -0.492 e. The van der Waals surface area contributed by atoms with Gasteiger partial charge in [0.1, 0.15) is 12.4 Å². The molecule has 1 aromatic rings. The highest BCUT2D eigenvalue weighted by atomic mass is 35.5. The van der Waals surface area contributed by atoms with Gasteiger partial charge in [-0.3, -0.25) is 14.6 Å². The largest absolute Gasteiger partial charge is 0.492 e. The fourth-order valence-electron chi connectivity index (χ4n) is 4.35. The highest BCUT2D eigenvalue weighted by Gasteiger charge is 2.38. The van der Waals surface area contributed by atoms with E-state index in [-0.39, 0.29) is 11.4 Å². The highest BCUT2D eigenvalue weighted by molar-refractivity contribution is 6.30. The van der Waals surface area contributed by atoms with Gasteiger partial charge in [-0.25, -0.2) is 0 Å². The van der Waals surface area contributed by atoms with Crippen molar-refractivity contribution in [3.8, 4) is 5.75 Å². The van der Waals surface area contributed by atoms with Gasteiger partial charge in [0.25, 0.3) is 0 Å². The molecule has 0 unspecified atom stereocenters. The van der Waals surface area contributed by atoms with E-state index in [0.717, 1.165) is 51.4 Å². The van der Waals surface area contributed by atoms with Crippen LogP contribution in [0.5, 0.6) is 5.75 Å². The minimum atomic E-state index is 0.0807. The fourth-order valence-corrected chi connectivity index (χ4v) is 4.47. The van der Waals surface area contributed by atoms with Gasteiger partial charge in [0.15, 0.2) is 0 Å². The SMILES string of the molecule is CN(CCOc1ccc(Cl)cc1)CC(=O)NCC1(N2CCOCC2)CCCCC1. The normalized spacial score (nSPS) is 19.8. The molecule has 0 atom stereocenters. The number of hydrogen-bond donors (Lipinski definition) is 1. The maximum atomic E-state index is 12.5. The van der Waals surface area contributed by atoms with Gasteiger partial charge in [0.05, 0.1) is 19.8 Å². The molecule has 0 aromatic heterocycles. The lowest BCUT2D eigenvalue weighted by Gasteiger charge is -2.48. The van der Waals surface area contributed by atoms with E-state index in [2.05, 4.69) is 10.2 Å². The number of ether oxygens (including phenoxy) is 2. The molecule has 7 heteroatoms. The van der Waals surface area contributed by atoms with Gasteiger partial charge in [-0.15, -0.1) is 0 Å². The Kier molecular flexibility index (Phi) is 8.60. The van der Waals surface area contributed by atoms with Gasteiger partial charge in [-0.05, 0) is 44.2 Å². The number of carbonyl (C=O) groups is 1. The van der Waals surface area contributed by atoms with Crippen LogP contribution < -0.4 is 10.1 Å². The van der Waals surface area contributed by atoms with Gasteiger partial charge >= 0.3 is 0 Å². The van der Waals surface area contributed by atoms with Crippen LogP contribution in [0.4, 0.5) is 0 Å². The lowest BCUT2D eigenvalue weighted by Crippen LogP contribution is -2.60. The molecule has 0 radical (unpaired) electrons. The Morgan fingerprint density at radius 2 is 1.90 bits per heavy atom. The molecule has 2 fully saturated rings. The van der Waals surface area contributed by atoms with Crippen LogP contribution in [0.2, 0.25) is 5.02 Å². The standard InChI is InChI=1S/C22H34ClN3O3/c1-25(11-16-29-20-7-5-19(23)6-8-20)17-21(27)24-18-22(9-3-2-4-10-22)26-12-14-28-15-13-26/h5-8H,2-4,9-18H2,1H3,(H,24,27). The second-order valence-corrected chi connectivity index (χ2v) is 8.64. The van der Waals surface area contributed by atoms with E-state index in [0.29, 0.717) is 24.7 Å². The monoisotopic (exact) mass is 423 g/mol. The Hall–Kier alpha value is -1.34. The average Bonchev–Trinajstić information content (AvgIpc) is 2.75. The number of rotatable bonds is 9. The van der Waals surface area contributed by atoms with Crippen molar-refractivity contribution in [2.24, 2.45) is 0 Å². The van der Waals surface area contributed by atoms with E-state index in [1.54, 1.807) is 0 Å². The van der Waals surface area contributed by atoms with E-state index in [4.69, 9.17) is 21.1 Å². The third-order valence-electron chi connectivity index (χ3n) is 6.05. The van der Waals surface area contributed by atoms with Crippen LogP contribution in [-0.2, 0) is 9.53 Å². The van der Waals surface area contributed by atoms with E-state index in [1.165, 1.54) is 19.3 Å². The van der Waals surface area contributed by atoms with Crippen LogP contribution in [-0.4, -0.2) is 80.8 Å². The van der Waals surface area contributed by atoms with Crippen LogP contribution in [0.3, 0.4) is 0 Å². The summed E-state index contributed by atoms with van der Waals surface area (Å²) < 4.78 is 11.2. The molecule has 1 aliphatic heterocycles. The zero-order chi connectivity index (χ0) is 20.5. The molecule has 29 heavy (non-hydrogen) atoms. The summed E-state index contributed by atoms with van der Waals surface area (Å²) in [6.45, 7) is 5.87. The highest BCUT2D eigenvalue weighted by Crippen LogP contribution is 2.33. The zero-order valence-electron chi connectivity index (χ0n) is 17.5. The van der Waals surface area contributed by atoms with E-state index >= 15 is 0 Å². The molecular formula is C22H34ClN3O3. The Bertz CT molecular complexity index is 629. The van der Waals surface area contributed by atoms with Crippen molar-refractivity contribution < 1.29 is 14.3 Å². The Morgan fingerprint density at radius 1 is 1.21 bits per heavy atom. The molecule has 162 valence electrons. The molecule has 1 saturated heterocycles. The van der Waals surface area contributed by atoms with Crippen molar-refractivity contribution in [2.45, 2.75) is 37.6 Å². The second kappa shape index (κ2) is 11.2. The van der Waals surface area contributed by atoms with Crippen LogP contribution in [0, 0.1) is 0 Å². The quantitative estimate of drug-likeness (QED) is 0.661. The van der Waals surface area contributed by atoms with Gasteiger partial charge in [-0.1, -0.05) is 30.9 Å². The van der Waals surface area contributed by atoms with Crippen molar-refractivity contribution in [2.75, 3.05) is 59.6 Å². The number of likely N-dealkylation sites (N-methyl/N-ethyl adjacent to an activating group) is 1. The molecule has 1 amide bonds. The first-order valence-electron chi connectivity index (χ1n) is 10.7. The first-order chi connectivity index (χ1) is 14.1. The maximum Gasteiger partial charge on any atom is 0.234 e. The maximum absolute atomic E-state index is 12.5. The van der Waals surface area contributed by atoms with Crippen LogP contribution in [0.15, 0.2) is 24.3 Å². The number of nitrogens with one attached hydrogen (secondary N) is 1. The molecule has 2 aliphatic rings. The third kappa shape index (κ3) is 6.85. The van der Waals surface area contributed by atoms with Crippen molar-refractivity contribution in [1.29, 1.82) is 0 Å². The van der Waals surface area contributed by atoms with Gasteiger partial charge in [0, 0.05) is 36.7 Å². The summed E-state index contributed by atoms with van der Waals surface area (Å²) in [7, 11) is 1.95. The van der Waals surface area contributed by atoms with E-state index < -0.39 is 0 Å². The van der Waals surface area contributed by atoms with E-state index in [1.807, 2.05) is 36.2 Å². The molecule has 6 nitrogen and oxygen atoms in total. The van der Waals surface area contributed by atoms with Crippen LogP contribution in [0.1, 0.15) is 32.1 Å². The number of benzene rings is 1. The Balaban J connectivity index is 1.40. The molecule has 1 heterocycles. The van der Waals surface area contributed by atoms with Crippen molar-refractivity contribution in [3.63, 3.8) is 0 Å². The smallest absolute Gasteiger partial charge is 0.234 e. The number of carbonyl (C=O) groups excluding carboxylic acids is 1. The molecular weight excluding hydrogens is 390 g/mol. The summed E-state index contributed by atoms with van der Waals surface area (Å²) in [4.78, 5) is 17.1. The number of hydrogen-bond acceptors (Lipinski definition) is 5. The Labute approximate surface area is 179 Å². The topological polar surface area (TPSA) is 54.0 Å². The minimum absolute atomic E-state index is 0.0807. The molecule has 0 bridgehead atoms. The first-order valence-corrected chi connectivity index (χ1v) is 11.1. The summed E-state index contributed by atoms with van der Waals surface area (Å²) in [6.07, 6.45) is 6.12. The van der Waals surface area contributed by atoms with Gasteiger partial charge < -0.3 is 14.8 Å². The fraction of sp³-hybridized carbons (Fsp3) is 0.682. The summed E-state index contributed by atoms with van der Waals surface area (Å²) in [5.41, 5.74) is 0.105. The van der Waals surface area contributed by atoms with Crippen molar-refractivity contribution >= 4 is 17.5 Å². The molecule has 0 spiro atoms. The molecule has 1 N–H and O–H groups in total. The summed E-state index contributed by atoms with van der Waals surface area (Å²) in [5, 5.41) is 3.91. The molecule has 1 aliphatic carbocycles. The van der Waals surface area contributed by atoms with Gasteiger partial charge in [-0.2, -0.15) is 0 Å². The lowest BCUT2D eigenvalue weighted by molar-refractivity contribution is -0.123. The average molecular weight is 424 g/mol. The van der Waals surface area contributed by atoms with Crippen molar-refractivity contribution in [3.05, 3.63) is 29.3 Å². The third-order valence-corrected chi connectivity index (χ3v) is 6.30. The number of halogens is 1. The van der Waals surface area contributed by atoms with Gasteiger partial charge in [0.2, 0.25) is 5.91 Å². The molecule has 1 saturated carbocycles. The van der Waals surface area contributed by atoms with E-state index in [9.17, 15) is 4.79 Å². The lowest BCUT2D eigenvalue weighted by atomic mass is 9.79. The zero-order valence-corrected chi connectivity index (χ0v) is 18.3. The van der Waals surface area contributed by atoms with Crippen LogP contribution >= 0.6 is 11.6 Å². The first kappa shape index (κ1) is 22.3. The van der Waals surface area contributed by atoms with Crippen LogP contribution in [0.25, 0.3) is 0 Å². The summed E-state index contributed by atoms with van der Waals surface area (Å²) in [5.74, 6) is 0.870. The second-order valence-electron chi connectivity index (χ2n) is 8.20. The predicted octanol–water partition coefficient (Wildman–Crippen LogP) is 2.80. The Morgan fingerprint density at radius 3 is 2.59 bits per heavy atom. The number of amides is 1. The summed E-state index contributed by atoms with van der Waals surface area (Å²) >= 11 is 5.88. The predicted molar refractivity (Wildman–Crippen MR) is 116 cm³/mol.